The molecule has 2 aliphatic heterocycles. The van der Waals surface area contributed by atoms with Crippen LogP contribution in [0.5, 0.6) is 11.5 Å². The summed E-state index contributed by atoms with van der Waals surface area (Å²) in [6.07, 6.45) is 5.51. The number of aryl methyl sites for hydroxylation is 1. The highest BCUT2D eigenvalue weighted by molar-refractivity contribution is 6.23. The van der Waals surface area contributed by atoms with E-state index < -0.39 is 11.9 Å². The summed E-state index contributed by atoms with van der Waals surface area (Å²) in [5, 5.41) is 0. The van der Waals surface area contributed by atoms with E-state index in [1.807, 2.05) is 6.92 Å². The third-order valence-corrected chi connectivity index (χ3v) is 9.13. The van der Waals surface area contributed by atoms with E-state index in [0.29, 0.717) is 40.3 Å². The van der Waals surface area contributed by atoms with Gasteiger partial charge in [-0.3, -0.25) is 19.2 Å². The molecule has 3 amide bonds. The van der Waals surface area contributed by atoms with E-state index in [1.165, 1.54) is 4.90 Å². The maximum atomic E-state index is 13.5. The van der Waals surface area contributed by atoms with Crippen LogP contribution >= 0.6 is 0 Å². The van der Waals surface area contributed by atoms with Gasteiger partial charge in [-0.25, -0.2) is 4.90 Å². The quantitative estimate of drug-likeness (QED) is 0.263. The van der Waals surface area contributed by atoms with E-state index in [4.69, 9.17) is 9.47 Å². The summed E-state index contributed by atoms with van der Waals surface area (Å²) in [7, 11) is 1.58. The number of ether oxygens (including phenoxy) is 2. The van der Waals surface area contributed by atoms with Gasteiger partial charge in [0.2, 0.25) is 17.7 Å². The van der Waals surface area contributed by atoms with Crippen LogP contribution in [-0.4, -0.2) is 37.3 Å². The van der Waals surface area contributed by atoms with Crippen LogP contribution in [0, 0.1) is 48.3 Å². The van der Waals surface area contributed by atoms with Crippen molar-refractivity contribution in [3.63, 3.8) is 0 Å². The fourth-order valence-electron chi connectivity index (χ4n) is 7.21. The van der Waals surface area contributed by atoms with Crippen LogP contribution < -0.4 is 19.3 Å². The highest BCUT2D eigenvalue weighted by Crippen LogP contribution is 2.65. The van der Waals surface area contributed by atoms with Gasteiger partial charge in [-0.05, 0) is 85.0 Å². The number of hydrogen-bond donors (Lipinski definition) is 0. The number of imide groups is 1. The van der Waals surface area contributed by atoms with Gasteiger partial charge in [0, 0.05) is 18.7 Å². The highest BCUT2D eigenvalue weighted by Gasteiger charge is 2.67. The number of hydrogen-bond acceptors (Lipinski definition) is 6. The molecule has 8 rings (SSSR count). The first kappa shape index (κ1) is 23.2. The van der Waals surface area contributed by atoms with Gasteiger partial charge in [0.25, 0.3) is 0 Å². The zero-order valence-corrected chi connectivity index (χ0v) is 21.2. The maximum Gasteiger partial charge on any atom is 0.316 e. The molecular formula is C30H28N2O6. The molecule has 4 fully saturated rings. The van der Waals surface area contributed by atoms with Gasteiger partial charge >= 0.3 is 5.97 Å². The van der Waals surface area contributed by atoms with Crippen LogP contribution in [0.3, 0.4) is 0 Å². The molecule has 2 heterocycles. The van der Waals surface area contributed by atoms with Crippen molar-refractivity contribution >= 4 is 35.1 Å². The number of methoxy groups -OCH3 is 1. The predicted octanol–water partition coefficient (Wildman–Crippen LogP) is 3.52. The first-order chi connectivity index (χ1) is 18.4. The summed E-state index contributed by atoms with van der Waals surface area (Å²) in [6, 6.07) is 12.1. The second kappa shape index (κ2) is 8.28. The Kier molecular flexibility index (Phi) is 5.05. The summed E-state index contributed by atoms with van der Waals surface area (Å²) in [4.78, 5) is 55.4. The van der Waals surface area contributed by atoms with Crippen LogP contribution in [0.2, 0.25) is 0 Å². The van der Waals surface area contributed by atoms with Crippen LogP contribution in [0.4, 0.5) is 11.4 Å². The molecule has 7 atom stereocenters. The van der Waals surface area contributed by atoms with E-state index in [1.54, 1.807) is 54.5 Å². The lowest BCUT2D eigenvalue weighted by atomic mass is 9.63. The standard InChI is InChI=1S/C30H28N2O6/c1-15-11-19(38-30(36)16-12-25(33)31(14-16)17-3-5-18(37-2)6-4-17)7-10-24(15)32-28(34)26-20-8-9-21(23-13-22(20)23)27(26)29(32)35/h3-11,16,20-23,26-27H,12-14H2,1-2H3/t16-,20+,21+,22-,23+,26-,27+/m1/s1. The number of nitrogens with zero attached hydrogens (tertiary/aromatic N) is 2. The summed E-state index contributed by atoms with van der Waals surface area (Å²) in [6.45, 7) is 2.04. The second-order valence-corrected chi connectivity index (χ2v) is 11.1. The molecule has 0 radical (unpaired) electrons. The van der Waals surface area contributed by atoms with Crippen molar-refractivity contribution < 1.29 is 28.7 Å². The molecule has 0 aromatic heterocycles. The van der Waals surface area contributed by atoms with Crippen molar-refractivity contribution in [3.8, 4) is 11.5 Å². The molecule has 2 saturated carbocycles. The molecule has 2 bridgehead atoms. The van der Waals surface area contributed by atoms with E-state index >= 15 is 0 Å². The largest absolute Gasteiger partial charge is 0.497 e. The lowest BCUT2D eigenvalue weighted by Gasteiger charge is -2.37. The summed E-state index contributed by atoms with van der Waals surface area (Å²) < 4.78 is 10.8. The topological polar surface area (TPSA) is 93.2 Å². The first-order valence-corrected chi connectivity index (χ1v) is 13.2. The number of carbonyl (C=O) groups excluding carboxylic acids is 4. The molecule has 0 N–H and O–H groups in total. The molecular weight excluding hydrogens is 484 g/mol. The van der Waals surface area contributed by atoms with Gasteiger partial charge in [-0.1, -0.05) is 12.2 Å². The van der Waals surface area contributed by atoms with Gasteiger partial charge in [0.05, 0.1) is 30.6 Å². The maximum absolute atomic E-state index is 13.5. The van der Waals surface area contributed by atoms with Crippen molar-refractivity contribution in [1.82, 2.24) is 0 Å². The minimum absolute atomic E-state index is 0.0693. The van der Waals surface area contributed by atoms with Crippen LogP contribution in [0.15, 0.2) is 54.6 Å². The van der Waals surface area contributed by atoms with Crippen molar-refractivity contribution in [2.75, 3.05) is 23.5 Å². The fraction of sp³-hybridized carbons (Fsp3) is 0.400. The molecule has 2 aromatic carbocycles. The molecule has 0 unspecified atom stereocenters. The third-order valence-electron chi connectivity index (χ3n) is 9.13. The Morgan fingerprint density at radius 2 is 1.53 bits per heavy atom. The van der Waals surface area contributed by atoms with Crippen molar-refractivity contribution in [3.05, 3.63) is 60.2 Å². The lowest BCUT2D eigenvalue weighted by Crippen LogP contribution is -2.40. The Bertz CT molecular complexity index is 1380. The highest BCUT2D eigenvalue weighted by atomic mass is 16.5. The number of rotatable bonds is 5. The Morgan fingerprint density at radius 3 is 2.13 bits per heavy atom. The Labute approximate surface area is 220 Å². The van der Waals surface area contributed by atoms with Crippen molar-refractivity contribution in [2.45, 2.75) is 19.8 Å². The zero-order chi connectivity index (χ0) is 26.3. The lowest BCUT2D eigenvalue weighted by molar-refractivity contribution is -0.139. The number of amides is 3. The summed E-state index contributed by atoms with van der Waals surface area (Å²) in [5.74, 6) is 0.497. The molecule has 6 aliphatic rings. The van der Waals surface area contributed by atoms with Gasteiger partial charge in [-0.2, -0.15) is 0 Å². The Hall–Kier alpha value is -3.94. The van der Waals surface area contributed by atoms with Gasteiger partial charge in [0.1, 0.15) is 11.5 Å². The average Bonchev–Trinajstić information content (AvgIpc) is 3.60. The predicted molar refractivity (Wildman–Crippen MR) is 137 cm³/mol. The number of anilines is 2. The average molecular weight is 513 g/mol. The van der Waals surface area contributed by atoms with E-state index in [-0.39, 0.29) is 54.4 Å². The summed E-state index contributed by atoms with van der Waals surface area (Å²) >= 11 is 0. The minimum atomic E-state index is -0.594. The van der Waals surface area contributed by atoms with Gasteiger partial charge in [0.15, 0.2) is 0 Å². The van der Waals surface area contributed by atoms with Crippen molar-refractivity contribution in [2.24, 2.45) is 41.4 Å². The number of esters is 1. The number of carbonyl (C=O) groups is 4. The molecule has 2 aromatic rings. The smallest absolute Gasteiger partial charge is 0.316 e. The molecule has 2 saturated heterocycles. The first-order valence-electron chi connectivity index (χ1n) is 13.2. The third kappa shape index (κ3) is 3.35. The van der Waals surface area contributed by atoms with Crippen LogP contribution in [0.1, 0.15) is 18.4 Å². The van der Waals surface area contributed by atoms with Crippen LogP contribution in [0.25, 0.3) is 0 Å². The number of allylic oxidation sites excluding steroid dienone is 2. The van der Waals surface area contributed by atoms with E-state index in [9.17, 15) is 19.2 Å². The van der Waals surface area contributed by atoms with Crippen LogP contribution in [-0.2, 0) is 19.2 Å². The van der Waals surface area contributed by atoms with Crippen molar-refractivity contribution in [1.29, 1.82) is 0 Å². The molecule has 38 heavy (non-hydrogen) atoms. The molecule has 194 valence electrons. The molecule has 0 spiro atoms. The minimum Gasteiger partial charge on any atom is -0.497 e. The molecule has 8 heteroatoms. The normalized spacial score (nSPS) is 32.5. The molecule has 4 aliphatic carbocycles. The van der Waals surface area contributed by atoms with E-state index in [0.717, 1.165) is 6.42 Å². The summed E-state index contributed by atoms with van der Waals surface area (Å²) in [5.41, 5.74) is 1.93. The number of benzene rings is 2. The van der Waals surface area contributed by atoms with Gasteiger partial charge < -0.3 is 14.4 Å². The second-order valence-electron chi connectivity index (χ2n) is 11.1. The van der Waals surface area contributed by atoms with E-state index in [2.05, 4.69) is 12.2 Å². The Morgan fingerprint density at radius 1 is 0.895 bits per heavy atom. The zero-order valence-electron chi connectivity index (χ0n) is 21.2. The van der Waals surface area contributed by atoms with Gasteiger partial charge in [-0.15, -0.1) is 0 Å². The SMILES string of the molecule is COc1ccc(N2C[C@H](C(=O)Oc3ccc(N4C(=O)[C@@H]5[C@H]6C=C[C@@H]([C@@H]7C[C@H]67)[C@@H]5C4=O)c(C)c3)CC2=O)cc1. The molecule has 8 nitrogen and oxygen atoms in total. The Balaban J connectivity index is 1.05. The monoisotopic (exact) mass is 512 g/mol. The fourth-order valence-corrected chi connectivity index (χ4v) is 7.21.